The number of urea groups is 1. The van der Waals surface area contributed by atoms with E-state index >= 15 is 0 Å². The van der Waals surface area contributed by atoms with Gasteiger partial charge in [0.15, 0.2) is 0 Å². The second kappa shape index (κ2) is 6.16. The fourth-order valence-electron chi connectivity index (χ4n) is 1.54. The van der Waals surface area contributed by atoms with Gasteiger partial charge in [0.2, 0.25) is 0 Å². The highest BCUT2D eigenvalue weighted by Crippen LogP contribution is 2.26. The molecule has 20 heavy (non-hydrogen) atoms. The number of nitrogens with zero attached hydrogens (tertiary/aromatic N) is 1. The van der Waals surface area contributed by atoms with Gasteiger partial charge in [0, 0.05) is 10.7 Å². The molecule has 3 N–H and O–H groups in total. The first-order valence-corrected chi connectivity index (χ1v) is 6.37. The normalized spacial score (nSPS) is 9.85. The second-order valence-corrected chi connectivity index (χ2v) is 4.64. The minimum atomic E-state index is -1.12. The van der Waals surface area contributed by atoms with Crippen molar-refractivity contribution in [2.75, 3.05) is 10.6 Å². The summed E-state index contributed by atoms with van der Waals surface area (Å²) < 4.78 is 0.485. The average molecular weight is 336 g/mol. The number of aromatic nitrogens is 1. The Morgan fingerprint density at radius 3 is 2.60 bits per heavy atom. The molecule has 0 unspecified atom stereocenters. The van der Waals surface area contributed by atoms with E-state index in [-0.39, 0.29) is 11.3 Å². The van der Waals surface area contributed by atoms with Crippen molar-refractivity contribution in [3.8, 4) is 0 Å². The molecule has 2 rings (SSSR count). The minimum absolute atomic E-state index is 0.000659. The van der Waals surface area contributed by atoms with Gasteiger partial charge in [0.05, 0.1) is 23.1 Å². The zero-order chi connectivity index (χ0) is 14.5. The number of para-hydroxylation sites is 1. The van der Waals surface area contributed by atoms with E-state index in [9.17, 15) is 9.59 Å². The summed E-state index contributed by atoms with van der Waals surface area (Å²) in [6, 6.07) is 7.44. The molecule has 2 aromatic rings. The van der Waals surface area contributed by atoms with Crippen LogP contribution in [0.25, 0.3) is 0 Å². The number of rotatable bonds is 3. The van der Waals surface area contributed by atoms with Gasteiger partial charge in [-0.2, -0.15) is 0 Å². The molecular weight excluding hydrogens is 326 g/mol. The number of amides is 2. The van der Waals surface area contributed by atoms with E-state index in [2.05, 4.69) is 31.5 Å². The largest absolute Gasteiger partial charge is 0.478 e. The van der Waals surface area contributed by atoms with Gasteiger partial charge in [-0.05, 0) is 40.2 Å². The van der Waals surface area contributed by atoms with Crippen LogP contribution in [0.4, 0.5) is 16.2 Å². The first-order valence-electron chi connectivity index (χ1n) is 5.58. The van der Waals surface area contributed by atoms with Gasteiger partial charge in [-0.1, -0.05) is 6.07 Å². The topological polar surface area (TPSA) is 91.3 Å². The maximum absolute atomic E-state index is 11.8. The Morgan fingerprint density at radius 2 is 1.95 bits per heavy atom. The molecule has 7 heteroatoms. The number of carboxylic acids is 1. The summed E-state index contributed by atoms with van der Waals surface area (Å²) in [5.41, 5.74) is 0.705. The number of carboxylic acid groups (broad SMARTS) is 1. The van der Waals surface area contributed by atoms with E-state index in [0.29, 0.717) is 10.2 Å². The second-order valence-electron chi connectivity index (χ2n) is 3.79. The lowest BCUT2D eigenvalue weighted by Gasteiger charge is -2.11. The molecule has 6 nitrogen and oxygen atoms in total. The van der Waals surface area contributed by atoms with Crippen LogP contribution in [0.2, 0.25) is 0 Å². The molecule has 0 aliphatic rings. The highest BCUT2D eigenvalue weighted by atomic mass is 79.9. The fourth-order valence-corrected chi connectivity index (χ4v) is 2.01. The fraction of sp³-hybridized carbons (Fsp3) is 0. The molecule has 1 aromatic carbocycles. The lowest BCUT2D eigenvalue weighted by molar-refractivity contribution is 0.0698. The number of halogens is 1. The van der Waals surface area contributed by atoms with Gasteiger partial charge >= 0.3 is 12.0 Å². The van der Waals surface area contributed by atoms with Crippen LogP contribution in [0, 0.1) is 0 Å². The Labute approximate surface area is 123 Å². The molecule has 2 amide bonds. The predicted octanol–water partition coefficient (Wildman–Crippen LogP) is 3.19. The van der Waals surface area contributed by atoms with Crippen LogP contribution in [0.5, 0.6) is 0 Å². The van der Waals surface area contributed by atoms with Crippen molar-refractivity contribution in [3.63, 3.8) is 0 Å². The third-order valence-corrected chi connectivity index (χ3v) is 3.06. The van der Waals surface area contributed by atoms with E-state index in [1.807, 2.05) is 0 Å². The first kappa shape index (κ1) is 14.0. The van der Waals surface area contributed by atoms with E-state index in [0.717, 1.165) is 0 Å². The summed E-state index contributed by atoms with van der Waals surface area (Å²) in [4.78, 5) is 26.8. The molecule has 0 radical (unpaired) electrons. The SMILES string of the molecule is O=C(Nc1cccnc1)Nc1c(Br)cccc1C(=O)O. The Balaban J connectivity index is 2.18. The lowest BCUT2D eigenvalue weighted by Crippen LogP contribution is -2.21. The van der Waals surface area contributed by atoms with Gasteiger partial charge in [-0.25, -0.2) is 9.59 Å². The third kappa shape index (κ3) is 3.33. The van der Waals surface area contributed by atoms with Crippen LogP contribution in [0.15, 0.2) is 47.2 Å². The summed E-state index contributed by atoms with van der Waals surface area (Å²) in [7, 11) is 0. The molecule has 0 spiro atoms. The van der Waals surface area contributed by atoms with Crippen LogP contribution < -0.4 is 10.6 Å². The average Bonchev–Trinajstić information content (AvgIpc) is 2.42. The number of carbonyl (C=O) groups is 2. The number of benzene rings is 1. The van der Waals surface area contributed by atoms with E-state index in [1.165, 1.54) is 12.3 Å². The van der Waals surface area contributed by atoms with Gasteiger partial charge in [0.1, 0.15) is 0 Å². The smallest absolute Gasteiger partial charge is 0.337 e. The number of hydrogen-bond acceptors (Lipinski definition) is 3. The monoisotopic (exact) mass is 335 g/mol. The Hall–Kier alpha value is -2.41. The standard InChI is InChI=1S/C13H10BrN3O3/c14-10-5-1-4-9(12(18)19)11(10)17-13(20)16-8-3-2-6-15-7-8/h1-7H,(H,18,19)(H2,16,17,20). The summed E-state index contributed by atoms with van der Waals surface area (Å²) in [6.07, 6.45) is 3.07. The highest BCUT2D eigenvalue weighted by molar-refractivity contribution is 9.10. The molecule has 0 aliphatic carbocycles. The van der Waals surface area contributed by atoms with Crippen molar-refractivity contribution in [3.05, 3.63) is 52.8 Å². The Bertz CT molecular complexity index is 647. The third-order valence-electron chi connectivity index (χ3n) is 2.40. The number of anilines is 2. The summed E-state index contributed by atoms with van der Waals surface area (Å²) in [5, 5.41) is 14.2. The van der Waals surface area contributed by atoms with Crippen molar-refractivity contribution in [2.24, 2.45) is 0 Å². The molecular formula is C13H10BrN3O3. The van der Waals surface area contributed by atoms with Crippen LogP contribution in [0.1, 0.15) is 10.4 Å². The predicted molar refractivity (Wildman–Crippen MR) is 78.0 cm³/mol. The van der Waals surface area contributed by atoms with Crippen molar-refractivity contribution in [1.29, 1.82) is 0 Å². The van der Waals surface area contributed by atoms with E-state index < -0.39 is 12.0 Å². The first-order chi connectivity index (χ1) is 9.58. The van der Waals surface area contributed by atoms with Gasteiger partial charge in [-0.15, -0.1) is 0 Å². The van der Waals surface area contributed by atoms with Crippen LogP contribution in [0.3, 0.4) is 0 Å². The number of hydrogen-bond donors (Lipinski definition) is 3. The van der Waals surface area contributed by atoms with Crippen molar-refractivity contribution >= 4 is 39.3 Å². The summed E-state index contributed by atoms with van der Waals surface area (Å²) in [5.74, 6) is -1.12. The molecule has 0 fully saturated rings. The van der Waals surface area contributed by atoms with Crippen molar-refractivity contribution in [2.45, 2.75) is 0 Å². The molecule has 1 heterocycles. The molecule has 0 saturated heterocycles. The lowest BCUT2D eigenvalue weighted by atomic mass is 10.2. The maximum atomic E-state index is 11.8. The molecule has 102 valence electrons. The van der Waals surface area contributed by atoms with Crippen LogP contribution >= 0.6 is 15.9 Å². The number of pyridine rings is 1. The number of aromatic carboxylic acids is 1. The van der Waals surface area contributed by atoms with Crippen LogP contribution in [-0.2, 0) is 0 Å². The zero-order valence-corrected chi connectivity index (χ0v) is 11.7. The molecule has 0 aliphatic heterocycles. The minimum Gasteiger partial charge on any atom is -0.478 e. The van der Waals surface area contributed by atoms with Gasteiger partial charge in [-0.3, -0.25) is 4.98 Å². The molecule has 1 aromatic heterocycles. The zero-order valence-electron chi connectivity index (χ0n) is 10.1. The number of carbonyl (C=O) groups excluding carboxylic acids is 1. The quantitative estimate of drug-likeness (QED) is 0.803. The van der Waals surface area contributed by atoms with Crippen molar-refractivity contribution in [1.82, 2.24) is 4.98 Å². The molecule has 0 atom stereocenters. The molecule has 0 bridgehead atoms. The van der Waals surface area contributed by atoms with Gasteiger partial charge < -0.3 is 15.7 Å². The summed E-state index contributed by atoms with van der Waals surface area (Å²) >= 11 is 3.21. The van der Waals surface area contributed by atoms with Gasteiger partial charge in [0.25, 0.3) is 0 Å². The van der Waals surface area contributed by atoms with Crippen LogP contribution in [-0.4, -0.2) is 22.1 Å². The van der Waals surface area contributed by atoms with E-state index in [4.69, 9.17) is 5.11 Å². The van der Waals surface area contributed by atoms with Crippen molar-refractivity contribution < 1.29 is 14.7 Å². The summed E-state index contributed by atoms with van der Waals surface area (Å²) in [6.45, 7) is 0. The maximum Gasteiger partial charge on any atom is 0.337 e. The highest BCUT2D eigenvalue weighted by Gasteiger charge is 2.15. The Kier molecular flexibility index (Phi) is 4.31. The Morgan fingerprint density at radius 1 is 1.15 bits per heavy atom. The number of nitrogens with one attached hydrogen (secondary N) is 2. The van der Waals surface area contributed by atoms with E-state index in [1.54, 1.807) is 30.5 Å². The molecule has 0 saturated carbocycles.